The Bertz CT molecular complexity index is 1300. The van der Waals surface area contributed by atoms with Gasteiger partial charge in [-0.05, 0) is 37.3 Å². The quantitative estimate of drug-likeness (QED) is 0.540. The second-order valence-electron chi connectivity index (χ2n) is 9.63. The van der Waals surface area contributed by atoms with Crippen molar-refractivity contribution in [2.24, 2.45) is 12.5 Å². The summed E-state index contributed by atoms with van der Waals surface area (Å²) in [6.07, 6.45) is 17.0. The Labute approximate surface area is 186 Å². The molecule has 32 heavy (non-hydrogen) atoms. The summed E-state index contributed by atoms with van der Waals surface area (Å²) in [5.74, 6) is 0.723. The number of aryl methyl sites for hydroxylation is 1. The zero-order valence-electron chi connectivity index (χ0n) is 18.0. The van der Waals surface area contributed by atoms with Gasteiger partial charge in [-0.2, -0.15) is 10.2 Å². The van der Waals surface area contributed by atoms with Crippen LogP contribution >= 0.6 is 0 Å². The van der Waals surface area contributed by atoms with Gasteiger partial charge in [0.05, 0.1) is 18.4 Å². The molecule has 4 heterocycles. The van der Waals surface area contributed by atoms with E-state index in [9.17, 15) is 0 Å². The van der Waals surface area contributed by atoms with Crippen LogP contribution in [0.4, 0.5) is 0 Å². The summed E-state index contributed by atoms with van der Waals surface area (Å²) in [5, 5.41) is 12.7. The first kappa shape index (κ1) is 18.3. The molecule has 1 N–H and O–H groups in total. The van der Waals surface area contributed by atoms with E-state index in [-0.39, 0.29) is 0 Å². The van der Waals surface area contributed by atoms with Gasteiger partial charge in [0.1, 0.15) is 0 Å². The van der Waals surface area contributed by atoms with E-state index in [4.69, 9.17) is 5.10 Å². The van der Waals surface area contributed by atoms with Gasteiger partial charge in [0.15, 0.2) is 5.82 Å². The lowest BCUT2D eigenvalue weighted by atomic mass is 9.55. The number of piperidine rings is 1. The molecule has 4 aromatic rings. The molecule has 0 radical (unpaired) electrons. The van der Waals surface area contributed by atoms with Crippen molar-refractivity contribution in [3.8, 4) is 33.6 Å². The summed E-state index contributed by atoms with van der Waals surface area (Å²) in [4.78, 5) is 9.31. The first-order valence-electron chi connectivity index (χ1n) is 11.4. The van der Waals surface area contributed by atoms with Gasteiger partial charge in [0.25, 0.3) is 0 Å². The summed E-state index contributed by atoms with van der Waals surface area (Å²) < 4.78 is 3.98. The topological polar surface area (TPSA) is 73.5 Å². The van der Waals surface area contributed by atoms with Crippen LogP contribution < -0.4 is 5.32 Å². The van der Waals surface area contributed by atoms with Crippen LogP contribution in [0.15, 0.2) is 61.4 Å². The summed E-state index contributed by atoms with van der Waals surface area (Å²) in [6.45, 7) is 0. The summed E-state index contributed by atoms with van der Waals surface area (Å²) in [5.41, 5.74) is 5.85. The van der Waals surface area contributed by atoms with Gasteiger partial charge in [0, 0.05) is 71.6 Å². The number of nitrogens with zero attached hydrogens (tertiary/aromatic N) is 6. The Morgan fingerprint density at radius 3 is 2.44 bits per heavy atom. The highest BCUT2D eigenvalue weighted by molar-refractivity contribution is 5.70. The first-order valence-corrected chi connectivity index (χ1v) is 11.4. The average molecular weight is 424 g/mol. The van der Waals surface area contributed by atoms with Crippen molar-refractivity contribution in [2.45, 2.75) is 43.8 Å². The third kappa shape index (κ3) is 2.64. The van der Waals surface area contributed by atoms with E-state index in [2.05, 4.69) is 43.4 Å². The molecule has 2 saturated carbocycles. The maximum Gasteiger partial charge on any atom is 0.159 e. The molecule has 1 aromatic carbocycles. The van der Waals surface area contributed by atoms with Gasteiger partial charge in [0.2, 0.25) is 0 Å². The van der Waals surface area contributed by atoms with Crippen LogP contribution in [-0.2, 0) is 7.05 Å². The van der Waals surface area contributed by atoms with Crippen molar-refractivity contribution in [3.63, 3.8) is 0 Å². The predicted octanol–water partition coefficient (Wildman–Crippen LogP) is 3.86. The number of rotatable bonds is 4. The minimum Gasteiger partial charge on any atom is -0.310 e. The standard InChI is InChI=1S/C25H25N7/c1-31-14-19(12-28-31)16-3-2-4-17(7-16)24-26-10-18(11-27-24)20-13-29-32(15-20)21-8-23-25(9-21)6-5-22(25)30-23/h2-4,7,10-15,21-23,30H,5-6,8-9H2,1H3/t21?,22-,23?,25?/m0/s1. The van der Waals surface area contributed by atoms with Crippen LogP contribution in [-0.4, -0.2) is 41.6 Å². The molecule has 3 unspecified atom stereocenters. The fourth-order valence-corrected chi connectivity index (χ4v) is 6.04. The van der Waals surface area contributed by atoms with Crippen LogP contribution in [0, 0.1) is 5.41 Å². The van der Waals surface area contributed by atoms with Crippen LogP contribution in [0.5, 0.6) is 0 Å². The molecule has 0 amide bonds. The van der Waals surface area contributed by atoms with E-state index < -0.39 is 0 Å². The molecule has 3 aliphatic rings. The maximum absolute atomic E-state index is 4.70. The van der Waals surface area contributed by atoms with Crippen molar-refractivity contribution >= 4 is 0 Å². The van der Waals surface area contributed by atoms with Gasteiger partial charge < -0.3 is 5.32 Å². The third-order valence-corrected chi connectivity index (χ3v) is 7.93. The zero-order valence-corrected chi connectivity index (χ0v) is 18.0. The predicted molar refractivity (Wildman–Crippen MR) is 122 cm³/mol. The van der Waals surface area contributed by atoms with E-state index in [1.807, 2.05) is 54.8 Å². The zero-order chi connectivity index (χ0) is 21.3. The summed E-state index contributed by atoms with van der Waals surface area (Å²) in [7, 11) is 1.93. The number of hydrogen-bond acceptors (Lipinski definition) is 5. The molecule has 1 spiro atoms. The molecule has 4 atom stereocenters. The third-order valence-electron chi connectivity index (χ3n) is 7.93. The molecule has 3 fully saturated rings. The largest absolute Gasteiger partial charge is 0.310 e. The maximum atomic E-state index is 4.70. The number of hydrogen-bond donors (Lipinski definition) is 1. The van der Waals surface area contributed by atoms with Crippen LogP contribution in [0.25, 0.3) is 33.6 Å². The highest BCUT2D eigenvalue weighted by Crippen LogP contribution is 2.62. The van der Waals surface area contributed by atoms with Crippen LogP contribution in [0.3, 0.4) is 0 Å². The highest BCUT2D eigenvalue weighted by atomic mass is 15.3. The Morgan fingerprint density at radius 2 is 1.72 bits per heavy atom. The van der Waals surface area contributed by atoms with Crippen LogP contribution in [0.2, 0.25) is 0 Å². The summed E-state index contributed by atoms with van der Waals surface area (Å²) >= 11 is 0. The smallest absolute Gasteiger partial charge is 0.159 e. The Balaban J connectivity index is 1.11. The second-order valence-corrected chi connectivity index (χ2v) is 9.63. The number of aromatic nitrogens is 6. The Hall–Kier alpha value is -3.32. The van der Waals surface area contributed by atoms with Crippen molar-refractivity contribution in [1.29, 1.82) is 0 Å². The fraction of sp³-hybridized carbons (Fsp3) is 0.360. The Kier molecular flexibility index (Phi) is 3.76. The van der Waals surface area contributed by atoms with Gasteiger partial charge in [-0.1, -0.05) is 18.2 Å². The Morgan fingerprint density at radius 1 is 0.906 bits per heavy atom. The average Bonchev–Trinajstić information content (AvgIpc) is 3.55. The molecular weight excluding hydrogens is 398 g/mol. The van der Waals surface area contributed by atoms with Crippen LogP contribution in [0.1, 0.15) is 31.7 Å². The van der Waals surface area contributed by atoms with Crippen molar-refractivity contribution < 1.29 is 0 Å². The molecule has 7 rings (SSSR count). The fourth-order valence-electron chi connectivity index (χ4n) is 6.04. The monoisotopic (exact) mass is 423 g/mol. The second kappa shape index (κ2) is 6.59. The normalized spacial score (nSPS) is 28.0. The lowest BCUT2D eigenvalue weighted by molar-refractivity contribution is -0.0573. The number of benzene rings is 1. The molecule has 2 aliphatic carbocycles. The van der Waals surface area contributed by atoms with Gasteiger partial charge in [-0.3, -0.25) is 9.36 Å². The highest BCUT2D eigenvalue weighted by Gasteiger charge is 2.64. The molecule has 0 bridgehead atoms. The molecule has 7 nitrogen and oxygen atoms in total. The minimum atomic E-state index is 0.502. The van der Waals surface area contributed by atoms with E-state index in [0.29, 0.717) is 17.5 Å². The SMILES string of the molecule is Cn1cc(-c2cccc(-c3ncc(-c4cnn(C5CC6N[C@H]7CCC67C5)c4)cn3)c2)cn1. The van der Waals surface area contributed by atoms with E-state index in [1.54, 1.807) is 0 Å². The first-order chi connectivity index (χ1) is 15.7. The minimum absolute atomic E-state index is 0.502. The molecule has 1 aliphatic heterocycles. The lowest BCUT2D eigenvalue weighted by Gasteiger charge is -2.62. The van der Waals surface area contributed by atoms with Gasteiger partial charge >= 0.3 is 0 Å². The van der Waals surface area contributed by atoms with Crippen molar-refractivity contribution in [2.75, 3.05) is 0 Å². The van der Waals surface area contributed by atoms with Gasteiger partial charge in [-0.15, -0.1) is 0 Å². The lowest BCUT2D eigenvalue weighted by Crippen LogP contribution is -2.73. The molecule has 7 heteroatoms. The van der Waals surface area contributed by atoms with Gasteiger partial charge in [-0.25, -0.2) is 9.97 Å². The van der Waals surface area contributed by atoms with E-state index in [0.717, 1.165) is 39.7 Å². The molecular formula is C25H25N7. The molecule has 1 saturated heterocycles. The number of nitrogens with one attached hydrogen (secondary N) is 1. The molecule has 160 valence electrons. The van der Waals surface area contributed by atoms with E-state index in [1.165, 1.54) is 25.7 Å². The van der Waals surface area contributed by atoms with Crippen molar-refractivity contribution in [1.82, 2.24) is 34.8 Å². The molecule has 3 aromatic heterocycles. The summed E-state index contributed by atoms with van der Waals surface area (Å²) in [6, 6.07) is 10.2. The van der Waals surface area contributed by atoms with E-state index >= 15 is 0 Å². The van der Waals surface area contributed by atoms with Crippen molar-refractivity contribution in [3.05, 3.63) is 61.4 Å².